The first-order chi connectivity index (χ1) is 8.93. The van der Waals surface area contributed by atoms with E-state index in [0.717, 1.165) is 17.6 Å². The monoisotopic (exact) mass is 373 g/mol. The van der Waals surface area contributed by atoms with Crippen LogP contribution in [0, 0.1) is 20.7 Å². The van der Waals surface area contributed by atoms with E-state index in [1.807, 2.05) is 27.2 Å². The molecular formula is C14H17FIN3. The Morgan fingerprint density at radius 2 is 2.16 bits per heavy atom. The molecule has 1 aliphatic rings. The van der Waals surface area contributed by atoms with Crippen LogP contribution in [0.15, 0.2) is 12.1 Å². The molecule has 0 saturated heterocycles. The Kier molecular flexibility index (Phi) is 2.99. The molecule has 0 aliphatic heterocycles. The van der Waals surface area contributed by atoms with Gasteiger partial charge in [0.15, 0.2) is 0 Å². The first-order valence-electron chi connectivity index (χ1n) is 6.54. The second kappa shape index (κ2) is 4.33. The predicted molar refractivity (Wildman–Crippen MR) is 83.3 cm³/mol. The second-order valence-electron chi connectivity index (χ2n) is 5.83. The topological polar surface area (TPSA) is 43.8 Å². The molecule has 0 bridgehead atoms. The molecule has 1 aromatic carbocycles. The molecule has 1 heterocycles. The zero-order valence-electron chi connectivity index (χ0n) is 11.1. The first-order valence-corrected chi connectivity index (χ1v) is 7.61. The molecule has 0 amide bonds. The SMILES string of the molecule is CC(C)C1(Cn2c(N)nc3cc(I)c(F)cc32)CC1. The van der Waals surface area contributed by atoms with Gasteiger partial charge in [0.05, 0.1) is 14.6 Å². The van der Waals surface area contributed by atoms with Crippen molar-refractivity contribution in [2.75, 3.05) is 5.73 Å². The quantitative estimate of drug-likeness (QED) is 0.832. The highest BCUT2D eigenvalue weighted by Crippen LogP contribution is 2.53. The van der Waals surface area contributed by atoms with Gasteiger partial charge >= 0.3 is 0 Å². The minimum atomic E-state index is -0.205. The standard InChI is InChI=1S/C14H17FIN3/c1-8(2)14(3-4-14)7-19-12-5-9(15)10(16)6-11(12)18-13(19)17/h5-6,8H,3-4,7H2,1-2H3,(H2,17,18). The van der Waals surface area contributed by atoms with Crippen molar-refractivity contribution in [3.05, 3.63) is 21.5 Å². The Hall–Kier alpha value is -0.850. The molecule has 2 N–H and O–H groups in total. The van der Waals surface area contributed by atoms with Crippen LogP contribution in [0.5, 0.6) is 0 Å². The van der Waals surface area contributed by atoms with Crippen molar-refractivity contribution in [1.82, 2.24) is 9.55 Å². The van der Waals surface area contributed by atoms with Crippen LogP contribution in [0.25, 0.3) is 11.0 Å². The molecule has 1 saturated carbocycles. The molecule has 102 valence electrons. The van der Waals surface area contributed by atoms with Crippen molar-refractivity contribution in [3.8, 4) is 0 Å². The van der Waals surface area contributed by atoms with Crippen LogP contribution in [0.1, 0.15) is 26.7 Å². The summed E-state index contributed by atoms with van der Waals surface area (Å²) in [6.45, 7) is 5.32. The number of anilines is 1. The van der Waals surface area contributed by atoms with E-state index in [1.165, 1.54) is 12.8 Å². The van der Waals surface area contributed by atoms with Gasteiger partial charge in [0.1, 0.15) is 5.82 Å². The largest absolute Gasteiger partial charge is 0.369 e. The molecule has 19 heavy (non-hydrogen) atoms. The minimum absolute atomic E-state index is 0.205. The Morgan fingerprint density at radius 3 is 2.74 bits per heavy atom. The van der Waals surface area contributed by atoms with E-state index in [9.17, 15) is 4.39 Å². The number of hydrogen-bond acceptors (Lipinski definition) is 2. The zero-order chi connectivity index (χ0) is 13.8. The molecular weight excluding hydrogens is 356 g/mol. The predicted octanol–water partition coefficient (Wildman–Crippen LogP) is 3.80. The van der Waals surface area contributed by atoms with Gasteiger partial charge in [0.2, 0.25) is 5.95 Å². The van der Waals surface area contributed by atoms with E-state index in [1.54, 1.807) is 12.1 Å². The maximum atomic E-state index is 13.8. The average molecular weight is 373 g/mol. The molecule has 0 spiro atoms. The summed E-state index contributed by atoms with van der Waals surface area (Å²) in [7, 11) is 0. The lowest BCUT2D eigenvalue weighted by Crippen LogP contribution is -2.19. The third-order valence-corrected chi connectivity index (χ3v) is 5.24. The number of nitrogens with zero attached hydrogens (tertiary/aromatic N) is 2. The lowest BCUT2D eigenvalue weighted by atomic mass is 9.92. The minimum Gasteiger partial charge on any atom is -0.369 e. The molecule has 0 unspecified atom stereocenters. The number of aromatic nitrogens is 2. The zero-order valence-corrected chi connectivity index (χ0v) is 13.2. The van der Waals surface area contributed by atoms with Gasteiger partial charge < -0.3 is 10.3 Å². The number of benzene rings is 1. The summed E-state index contributed by atoms with van der Waals surface area (Å²) in [4.78, 5) is 4.36. The maximum Gasteiger partial charge on any atom is 0.201 e. The maximum absolute atomic E-state index is 13.8. The van der Waals surface area contributed by atoms with Crippen LogP contribution in [0.2, 0.25) is 0 Å². The fraction of sp³-hybridized carbons (Fsp3) is 0.500. The number of hydrogen-bond donors (Lipinski definition) is 1. The number of nitrogen functional groups attached to an aromatic ring is 1. The molecule has 3 nitrogen and oxygen atoms in total. The summed E-state index contributed by atoms with van der Waals surface area (Å²) in [6.07, 6.45) is 2.44. The molecule has 5 heteroatoms. The highest BCUT2D eigenvalue weighted by Gasteiger charge is 2.46. The van der Waals surface area contributed by atoms with E-state index in [-0.39, 0.29) is 5.82 Å². The van der Waals surface area contributed by atoms with Gasteiger partial charge in [-0.05, 0) is 52.8 Å². The summed E-state index contributed by atoms with van der Waals surface area (Å²) < 4.78 is 16.3. The third kappa shape index (κ3) is 2.11. The second-order valence-corrected chi connectivity index (χ2v) is 6.99. The Morgan fingerprint density at radius 1 is 1.47 bits per heavy atom. The summed E-state index contributed by atoms with van der Waals surface area (Å²) >= 11 is 1.98. The van der Waals surface area contributed by atoms with E-state index in [0.29, 0.717) is 20.9 Å². The molecule has 0 atom stereocenters. The van der Waals surface area contributed by atoms with Crippen molar-refractivity contribution < 1.29 is 4.39 Å². The molecule has 2 aromatic rings. The van der Waals surface area contributed by atoms with Crippen LogP contribution >= 0.6 is 22.6 Å². The smallest absolute Gasteiger partial charge is 0.201 e. The number of nitrogens with two attached hydrogens (primary N) is 1. The average Bonchev–Trinajstić information content (AvgIpc) is 3.06. The molecule has 1 aromatic heterocycles. The van der Waals surface area contributed by atoms with Gasteiger partial charge in [0.25, 0.3) is 0 Å². The highest BCUT2D eigenvalue weighted by atomic mass is 127. The summed E-state index contributed by atoms with van der Waals surface area (Å²) in [5, 5.41) is 0. The van der Waals surface area contributed by atoms with Crippen LogP contribution in [0.4, 0.5) is 10.3 Å². The first kappa shape index (κ1) is 13.1. The molecule has 1 fully saturated rings. The van der Waals surface area contributed by atoms with Crippen LogP contribution < -0.4 is 5.73 Å². The summed E-state index contributed by atoms with van der Waals surface area (Å²) in [5.41, 5.74) is 7.92. The van der Waals surface area contributed by atoms with Crippen molar-refractivity contribution in [3.63, 3.8) is 0 Å². The molecule has 1 aliphatic carbocycles. The number of rotatable bonds is 3. The fourth-order valence-electron chi connectivity index (χ4n) is 2.70. The molecule has 0 radical (unpaired) electrons. The lowest BCUT2D eigenvalue weighted by Gasteiger charge is -2.21. The highest BCUT2D eigenvalue weighted by molar-refractivity contribution is 14.1. The van der Waals surface area contributed by atoms with E-state index in [2.05, 4.69) is 18.8 Å². The van der Waals surface area contributed by atoms with Crippen molar-refractivity contribution in [2.45, 2.75) is 33.2 Å². The van der Waals surface area contributed by atoms with Gasteiger partial charge in [-0.1, -0.05) is 13.8 Å². The van der Waals surface area contributed by atoms with Gasteiger partial charge in [-0.3, -0.25) is 0 Å². The van der Waals surface area contributed by atoms with Crippen LogP contribution in [0.3, 0.4) is 0 Å². The Labute approximate surface area is 125 Å². The van der Waals surface area contributed by atoms with E-state index < -0.39 is 0 Å². The summed E-state index contributed by atoms with van der Waals surface area (Å²) in [5.74, 6) is 0.894. The van der Waals surface area contributed by atoms with Gasteiger partial charge in [-0.2, -0.15) is 0 Å². The summed E-state index contributed by atoms with van der Waals surface area (Å²) in [6, 6.07) is 3.31. The Bertz CT molecular complexity index is 644. The van der Waals surface area contributed by atoms with Gasteiger partial charge in [0, 0.05) is 12.6 Å². The number of fused-ring (bicyclic) bond motifs is 1. The van der Waals surface area contributed by atoms with Crippen molar-refractivity contribution in [1.29, 1.82) is 0 Å². The fourth-order valence-corrected chi connectivity index (χ4v) is 3.15. The van der Waals surface area contributed by atoms with Gasteiger partial charge in [-0.15, -0.1) is 0 Å². The normalized spacial score (nSPS) is 17.3. The van der Waals surface area contributed by atoms with Crippen molar-refractivity contribution >= 4 is 39.6 Å². The Balaban J connectivity index is 2.08. The van der Waals surface area contributed by atoms with Crippen LogP contribution in [-0.2, 0) is 6.54 Å². The van der Waals surface area contributed by atoms with Crippen LogP contribution in [-0.4, -0.2) is 9.55 Å². The number of imidazole rings is 1. The van der Waals surface area contributed by atoms with Gasteiger partial charge in [-0.25, -0.2) is 9.37 Å². The van der Waals surface area contributed by atoms with E-state index >= 15 is 0 Å². The van der Waals surface area contributed by atoms with E-state index in [4.69, 9.17) is 5.73 Å². The molecule has 3 rings (SSSR count). The lowest BCUT2D eigenvalue weighted by molar-refractivity contribution is 0.314. The number of halogens is 2. The third-order valence-electron chi connectivity index (χ3n) is 4.41. The van der Waals surface area contributed by atoms with Crippen molar-refractivity contribution in [2.24, 2.45) is 11.3 Å².